The number of aliphatic carboxylic acids is 1. The lowest BCUT2D eigenvalue weighted by molar-refractivity contribution is -0.144. The van der Waals surface area contributed by atoms with Crippen LogP contribution < -0.4 is 5.32 Å². The molecule has 21 heavy (non-hydrogen) atoms. The molecule has 0 bridgehead atoms. The van der Waals surface area contributed by atoms with Crippen molar-refractivity contribution in [2.24, 2.45) is 5.41 Å². The standard InChI is InChI=1S/C17H32N2O2/c1-4-10-18-17(15(20)21)7-6-14(13-17)19-11-8-16(3,5-2)9-12-19/h14,18H,4-13H2,1-3H3,(H,20,21). The van der Waals surface area contributed by atoms with Crippen LogP contribution >= 0.6 is 0 Å². The van der Waals surface area contributed by atoms with E-state index in [1.807, 2.05) is 0 Å². The van der Waals surface area contributed by atoms with E-state index in [0.29, 0.717) is 11.5 Å². The number of carbonyl (C=O) groups is 1. The average Bonchev–Trinajstić information content (AvgIpc) is 2.92. The highest BCUT2D eigenvalue weighted by Gasteiger charge is 2.47. The number of hydrogen-bond acceptors (Lipinski definition) is 3. The lowest BCUT2D eigenvalue weighted by atomic mass is 9.78. The number of piperidine rings is 1. The molecule has 0 amide bonds. The zero-order valence-electron chi connectivity index (χ0n) is 14.0. The topological polar surface area (TPSA) is 52.6 Å². The zero-order chi connectivity index (χ0) is 15.5. The predicted molar refractivity (Wildman–Crippen MR) is 85.5 cm³/mol. The molecule has 122 valence electrons. The Morgan fingerprint density at radius 3 is 2.48 bits per heavy atom. The summed E-state index contributed by atoms with van der Waals surface area (Å²) in [5.74, 6) is -0.658. The number of hydrogen-bond donors (Lipinski definition) is 2. The molecule has 2 rings (SSSR count). The molecule has 4 heteroatoms. The van der Waals surface area contributed by atoms with Gasteiger partial charge in [0.25, 0.3) is 0 Å². The van der Waals surface area contributed by atoms with Crippen molar-refractivity contribution in [2.45, 2.75) is 77.3 Å². The van der Waals surface area contributed by atoms with Gasteiger partial charge in [-0.1, -0.05) is 27.2 Å². The van der Waals surface area contributed by atoms with Gasteiger partial charge in [0.05, 0.1) is 0 Å². The molecule has 4 nitrogen and oxygen atoms in total. The molecule has 0 aromatic heterocycles. The van der Waals surface area contributed by atoms with Crippen molar-refractivity contribution in [3.8, 4) is 0 Å². The highest BCUT2D eigenvalue weighted by Crippen LogP contribution is 2.39. The third kappa shape index (κ3) is 3.59. The molecule has 2 aliphatic rings. The number of nitrogens with zero attached hydrogens (tertiary/aromatic N) is 1. The Labute approximate surface area is 129 Å². The second-order valence-corrected chi connectivity index (χ2v) is 7.41. The number of nitrogens with one attached hydrogen (secondary N) is 1. The van der Waals surface area contributed by atoms with E-state index in [1.54, 1.807) is 0 Å². The van der Waals surface area contributed by atoms with Gasteiger partial charge in [-0.25, -0.2) is 0 Å². The van der Waals surface area contributed by atoms with Gasteiger partial charge < -0.3 is 15.3 Å². The lowest BCUT2D eigenvalue weighted by Crippen LogP contribution is -2.52. The summed E-state index contributed by atoms with van der Waals surface area (Å²) in [6, 6.07) is 0.451. The van der Waals surface area contributed by atoms with E-state index in [4.69, 9.17) is 0 Å². The smallest absolute Gasteiger partial charge is 0.323 e. The van der Waals surface area contributed by atoms with Crippen LogP contribution in [0.5, 0.6) is 0 Å². The van der Waals surface area contributed by atoms with Crippen molar-refractivity contribution >= 4 is 5.97 Å². The van der Waals surface area contributed by atoms with Gasteiger partial charge in [0, 0.05) is 6.04 Å². The highest BCUT2D eigenvalue weighted by atomic mass is 16.4. The van der Waals surface area contributed by atoms with Crippen LogP contribution in [-0.2, 0) is 4.79 Å². The van der Waals surface area contributed by atoms with Crippen LogP contribution in [0.25, 0.3) is 0 Å². The van der Waals surface area contributed by atoms with Gasteiger partial charge in [0.15, 0.2) is 0 Å². The minimum atomic E-state index is -0.674. The number of likely N-dealkylation sites (tertiary alicyclic amines) is 1. The summed E-state index contributed by atoms with van der Waals surface area (Å²) in [4.78, 5) is 14.3. The van der Waals surface area contributed by atoms with Gasteiger partial charge in [-0.3, -0.25) is 4.79 Å². The Balaban J connectivity index is 1.94. The Bertz CT molecular complexity index is 364. The molecular weight excluding hydrogens is 264 g/mol. The zero-order valence-corrected chi connectivity index (χ0v) is 14.0. The molecule has 2 N–H and O–H groups in total. The fraction of sp³-hybridized carbons (Fsp3) is 0.941. The van der Waals surface area contributed by atoms with Crippen LogP contribution in [0.1, 0.15) is 65.7 Å². The quantitative estimate of drug-likeness (QED) is 0.791. The van der Waals surface area contributed by atoms with Gasteiger partial charge in [-0.05, 0) is 63.6 Å². The Morgan fingerprint density at radius 1 is 1.29 bits per heavy atom. The summed E-state index contributed by atoms with van der Waals surface area (Å²) in [7, 11) is 0. The first-order chi connectivity index (χ1) is 9.95. The van der Waals surface area contributed by atoms with E-state index in [-0.39, 0.29) is 0 Å². The van der Waals surface area contributed by atoms with Crippen LogP contribution in [0.2, 0.25) is 0 Å². The Morgan fingerprint density at radius 2 is 1.95 bits per heavy atom. The molecule has 1 saturated heterocycles. The molecule has 1 heterocycles. The first-order valence-corrected chi connectivity index (χ1v) is 8.67. The molecule has 2 fully saturated rings. The molecule has 1 saturated carbocycles. The third-order valence-corrected chi connectivity index (χ3v) is 5.99. The summed E-state index contributed by atoms with van der Waals surface area (Å²) < 4.78 is 0. The van der Waals surface area contributed by atoms with Crippen molar-refractivity contribution in [3.05, 3.63) is 0 Å². The van der Waals surface area contributed by atoms with Gasteiger partial charge in [-0.2, -0.15) is 0 Å². The third-order valence-electron chi connectivity index (χ3n) is 5.99. The van der Waals surface area contributed by atoms with Crippen molar-refractivity contribution in [1.82, 2.24) is 10.2 Å². The maximum absolute atomic E-state index is 11.7. The lowest BCUT2D eigenvalue weighted by Gasteiger charge is -2.42. The average molecular weight is 296 g/mol. The van der Waals surface area contributed by atoms with E-state index in [0.717, 1.165) is 45.3 Å². The van der Waals surface area contributed by atoms with Gasteiger partial charge in [0.1, 0.15) is 5.54 Å². The fourth-order valence-corrected chi connectivity index (χ4v) is 3.91. The minimum Gasteiger partial charge on any atom is -0.480 e. The van der Waals surface area contributed by atoms with E-state index in [9.17, 15) is 9.90 Å². The van der Waals surface area contributed by atoms with Crippen LogP contribution in [0, 0.1) is 5.41 Å². The molecule has 0 aromatic rings. The van der Waals surface area contributed by atoms with Gasteiger partial charge >= 0.3 is 5.97 Å². The molecule has 2 atom stereocenters. The molecule has 1 aliphatic heterocycles. The second-order valence-electron chi connectivity index (χ2n) is 7.41. The SMILES string of the molecule is CCCNC1(C(=O)O)CCC(N2CCC(C)(CC)CC2)C1. The van der Waals surface area contributed by atoms with Gasteiger partial charge in [0.2, 0.25) is 0 Å². The number of rotatable bonds is 6. The summed E-state index contributed by atoms with van der Waals surface area (Å²) in [5.41, 5.74) is -0.175. The van der Waals surface area contributed by atoms with Crippen LogP contribution in [0.3, 0.4) is 0 Å². The monoisotopic (exact) mass is 296 g/mol. The highest BCUT2D eigenvalue weighted by molar-refractivity contribution is 5.79. The summed E-state index contributed by atoms with van der Waals surface area (Å²) in [5, 5.41) is 13.0. The minimum absolute atomic E-state index is 0.451. The molecule has 0 radical (unpaired) electrons. The van der Waals surface area contributed by atoms with E-state index < -0.39 is 11.5 Å². The number of carboxylic acids is 1. The molecular formula is C17H32N2O2. The maximum Gasteiger partial charge on any atom is 0.323 e. The van der Waals surface area contributed by atoms with Crippen molar-refractivity contribution in [2.75, 3.05) is 19.6 Å². The van der Waals surface area contributed by atoms with Crippen LogP contribution in [-0.4, -0.2) is 47.2 Å². The molecule has 2 unspecified atom stereocenters. The molecule has 0 aromatic carbocycles. The summed E-state index contributed by atoms with van der Waals surface area (Å²) >= 11 is 0. The largest absolute Gasteiger partial charge is 0.480 e. The Hall–Kier alpha value is -0.610. The Kier molecular flexibility index (Phi) is 5.31. The van der Waals surface area contributed by atoms with E-state index >= 15 is 0 Å². The van der Waals surface area contributed by atoms with Crippen LogP contribution in [0.15, 0.2) is 0 Å². The van der Waals surface area contributed by atoms with Gasteiger partial charge in [-0.15, -0.1) is 0 Å². The first kappa shape index (κ1) is 16.8. The van der Waals surface area contributed by atoms with E-state index in [1.165, 1.54) is 19.3 Å². The maximum atomic E-state index is 11.7. The normalized spacial score (nSPS) is 33.2. The second kappa shape index (κ2) is 6.66. The molecule has 0 spiro atoms. The van der Waals surface area contributed by atoms with E-state index in [2.05, 4.69) is 31.0 Å². The van der Waals surface area contributed by atoms with Crippen molar-refractivity contribution in [1.29, 1.82) is 0 Å². The van der Waals surface area contributed by atoms with Crippen LogP contribution in [0.4, 0.5) is 0 Å². The number of carboxylic acid groups (broad SMARTS) is 1. The van der Waals surface area contributed by atoms with Crippen molar-refractivity contribution < 1.29 is 9.90 Å². The van der Waals surface area contributed by atoms with Crippen molar-refractivity contribution in [3.63, 3.8) is 0 Å². The first-order valence-electron chi connectivity index (χ1n) is 8.67. The summed E-state index contributed by atoms with van der Waals surface area (Å²) in [6.45, 7) is 9.84. The predicted octanol–water partition coefficient (Wildman–Crippen LogP) is 2.87. The fourth-order valence-electron chi connectivity index (χ4n) is 3.91. The summed E-state index contributed by atoms with van der Waals surface area (Å²) in [6.07, 6.45) is 7.30. The molecule has 1 aliphatic carbocycles.